The van der Waals surface area contributed by atoms with Crippen molar-refractivity contribution in [1.82, 2.24) is 19.8 Å². The number of carbonyl (C=O) groups is 2. The Kier molecular flexibility index (Phi) is 9.68. The summed E-state index contributed by atoms with van der Waals surface area (Å²) < 4.78 is 18.5. The van der Waals surface area contributed by atoms with E-state index in [4.69, 9.17) is 19.2 Å². The molecular formula is C31H42N4O5. The number of hydrogen-bond acceptors (Lipinski definition) is 6. The molecular weight excluding hydrogens is 508 g/mol. The molecule has 1 aromatic heterocycles. The van der Waals surface area contributed by atoms with E-state index in [0.717, 1.165) is 48.2 Å². The van der Waals surface area contributed by atoms with Crippen LogP contribution in [0, 0.1) is 0 Å². The molecule has 1 N–H and O–H groups in total. The number of rotatable bonds is 10. The minimum atomic E-state index is -0.651. The van der Waals surface area contributed by atoms with Gasteiger partial charge in [-0.1, -0.05) is 24.3 Å². The summed E-state index contributed by atoms with van der Waals surface area (Å²) in [5.74, 6) is 1.79. The van der Waals surface area contributed by atoms with Crippen molar-refractivity contribution in [3.63, 3.8) is 0 Å². The smallest absolute Gasteiger partial charge is 0.408 e. The maximum Gasteiger partial charge on any atom is 0.408 e. The van der Waals surface area contributed by atoms with Crippen LogP contribution in [0.3, 0.4) is 0 Å². The van der Waals surface area contributed by atoms with Crippen molar-refractivity contribution >= 4 is 23.0 Å². The second-order valence-corrected chi connectivity index (χ2v) is 11.3. The summed E-state index contributed by atoms with van der Waals surface area (Å²) in [6.07, 6.45) is 2.30. The van der Waals surface area contributed by atoms with Gasteiger partial charge >= 0.3 is 6.09 Å². The van der Waals surface area contributed by atoms with Crippen molar-refractivity contribution in [2.45, 2.75) is 70.6 Å². The lowest BCUT2D eigenvalue weighted by atomic mass is 9.95. The number of likely N-dealkylation sites (tertiary alicyclic amines) is 1. The third-order valence-electron chi connectivity index (χ3n) is 7.12. The quantitative estimate of drug-likeness (QED) is 0.338. The predicted octanol–water partition coefficient (Wildman–Crippen LogP) is 5.44. The standard InChI is InChI=1S/C31H42N4O5/c1-31(2,3)40-30(37)33-26(22-11-8-13-24(19-22)39-5)20-28(36)34-16-9-12-23(21-34)29-32-25-14-6-7-15-27(25)35(29)17-10-18-38-4/h6-8,11,13-15,19,23,26H,9-10,12,16-18,20-21H2,1-5H3,(H,33,37)/t23-,26+/m1/s1. The number of piperidine rings is 1. The maximum absolute atomic E-state index is 13.7. The summed E-state index contributed by atoms with van der Waals surface area (Å²) in [4.78, 5) is 33.3. The van der Waals surface area contributed by atoms with E-state index in [0.29, 0.717) is 25.4 Å². The van der Waals surface area contributed by atoms with Gasteiger partial charge in [-0.2, -0.15) is 0 Å². The highest BCUT2D eigenvalue weighted by atomic mass is 16.6. The summed E-state index contributed by atoms with van der Waals surface area (Å²) in [6, 6.07) is 15.0. The number of aryl methyl sites for hydroxylation is 1. The Bertz CT molecular complexity index is 1300. The van der Waals surface area contributed by atoms with Crippen molar-refractivity contribution in [2.24, 2.45) is 0 Å². The molecule has 2 aromatic carbocycles. The van der Waals surface area contributed by atoms with Crippen LogP contribution in [0.5, 0.6) is 5.75 Å². The summed E-state index contributed by atoms with van der Waals surface area (Å²) in [5.41, 5.74) is 2.21. The van der Waals surface area contributed by atoms with E-state index in [2.05, 4.69) is 16.0 Å². The SMILES string of the molecule is COCCCn1c([C@@H]2CCCN(C(=O)C[C@H](NC(=O)OC(C)(C)C)c3cccc(OC)c3)C2)nc2ccccc21. The normalized spacial score (nSPS) is 16.5. The van der Waals surface area contributed by atoms with Crippen LogP contribution < -0.4 is 10.1 Å². The molecule has 0 spiro atoms. The number of benzene rings is 2. The molecule has 9 heteroatoms. The van der Waals surface area contributed by atoms with Gasteiger partial charge in [0.2, 0.25) is 5.91 Å². The lowest BCUT2D eigenvalue weighted by Gasteiger charge is -2.34. The van der Waals surface area contributed by atoms with Crippen LogP contribution in [0.15, 0.2) is 48.5 Å². The molecule has 4 rings (SSSR count). The number of para-hydroxylation sites is 2. The summed E-state index contributed by atoms with van der Waals surface area (Å²) >= 11 is 0. The van der Waals surface area contributed by atoms with Gasteiger partial charge in [-0.05, 0) is 69.9 Å². The van der Waals surface area contributed by atoms with Gasteiger partial charge in [0.15, 0.2) is 0 Å². The molecule has 1 aliphatic heterocycles. The van der Waals surface area contributed by atoms with Gasteiger partial charge in [0.05, 0.1) is 30.6 Å². The van der Waals surface area contributed by atoms with Crippen molar-refractivity contribution in [2.75, 3.05) is 33.9 Å². The summed E-state index contributed by atoms with van der Waals surface area (Å²) in [6.45, 7) is 8.20. The third kappa shape index (κ3) is 7.53. The number of hydrogen-bond donors (Lipinski definition) is 1. The van der Waals surface area contributed by atoms with Crippen LogP contribution in [0.25, 0.3) is 11.0 Å². The van der Waals surface area contributed by atoms with E-state index in [-0.39, 0.29) is 18.2 Å². The lowest BCUT2D eigenvalue weighted by Crippen LogP contribution is -2.42. The van der Waals surface area contributed by atoms with Gasteiger partial charge in [0.25, 0.3) is 0 Å². The summed E-state index contributed by atoms with van der Waals surface area (Å²) in [5, 5.41) is 2.92. The largest absolute Gasteiger partial charge is 0.497 e. The van der Waals surface area contributed by atoms with Crippen LogP contribution in [0.4, 0.5) is 4.79 Å². The Morgan fingerprint density at radius 3 is 2.67 bits per heavy atom. The number of aromatic nitrogens is 2. The Morgan fingerprint density at radius 1 is 1.12 bits per heavy atom. The van der Waals surface area contributed by atoms with E-state index in [1.165, 1.54) is 0 Å². The molecule has 0 unspecified atom stereocenters. The fraction of sp³-hybridized carbons (Fsp3) is 0.516. The first kappa shape index (κ1) is 29.4. The molecule has 1 aliphatic rings. The van der Waals surface area contributed by atoms with Crippen LogP contribution in [-0.4, -0.2) is 66.0 Å². The van der Waals surface area contributed by atoms with Crippen LogP contribution in [-0.2, 0) is 20.8 Å². The fourth-order valence-electron chi connectivity index (χ4n) is 5.29. The van der Waals surface area contributed by atoms with Crippen molar-refractivity contribution in [3.05, 3.63) is 59.9 Å². The maximum atomic E-state index is 13.7. The molecule has 0 radical (unpaired) electrons. The molecule has 3 aromatic rings. The number of imidazole rings is 1. The zero-order chi connectivity index (χ0) is 28.7. The predicted molar refractivity (Wildman–Crippen MR) is 155 cm³/mol. The molecule has 2 atom stereocenters. The highest BCUT2D eigenvalue weighted by molar-refractivity contribution is 5.79. The number of fused-ring (bicyclic) bond motifs is 1. The number of ether oxygens (including phenoxy) is 3. The molecule has 1 fully saturated rings. The topological polar surface area (TPSA) is 94.9 Å². The number of nitrogens with zero attached hydrogens (tertiary/aromatic N) is 3. The molecule has 2 heterocycles. The Hall–Kier alpha value is -3.59. The van der Waals surface area contributed by atoms with Crippen LogP contribution >= 0.6 is 0 Å². The summed E-state index contributed by atoms with van der Waals surface area (Å²) in [7, 11) is 3.31. The molecule has 0 aliphatic carbocycles. The number of alkyl carbamates (subject to hydrolysis) is 1. The number of carbonyl (C=O) groups excluding carboxylic acids is 2. The van der Waals surface area contributed by atoms with E-state index in [9.17, 15) is 9.59 Å². The van der Waals surface area contributed by atoms with E-state index < -0.39 is 17.7 Å². The molecule has 0 saturated carbocycles. The van der Waals surface area contributed by atoms with Crippen molar-refractivity contribution < 1.29 is 23.8 Å². The number of methoxy groups -OCH3 is 2. The molecule has 0 bridgehead atoms. The van der Waals surface area contributed by atoms with Crippen LogP contribution in [0.1, 0.15) is 69.8 Å². The minimum Gasteiger partial charge on any atom is -0.497 e. The van der Waals surface area contributed by atoms with E-state index >= 15 is 0 Å². The molecule has 216 valence electrons. The molecule has 1 saturated heterocycles. The lowest BCUT2D eigenvalue weighted by molar-refractivity contribution is -0.133. The monoisotopic (exact) mass is 550 g/mol. The number of amides is 2. The van der Waals surface area contributed by atoms with Gasteiger partial charge < -0.3 is 29.0 Å². The second kappa shape index (κ2) is 13.2. The van der Waals surface area contributed by atoms with Gasteiger partial charge in [0.1, 0.15) is 17.2 Å². The van der Waals surface area contributed by atoms with Gasteiger partial charge in [-0.25, -0.2) is 9.78 Å². The fourth-order valence-corrected chi connectivity index (χ4v) is 5.29. The highest BCUT2D eigenvalue weighted by Gasteiger charge is 2.31. The number of nitrogens with one attached hydrogen (secondary N) is 1. The zero-order valence-electron chi connectivity index (χ0n) is 24.3. The van der Waals surface area contributed by atoms with Crippen LogP contribution in [0.2, 0.25) is 0 Å². The third-order valence-corrected chi connectivity index (χ3v) is 7.12. The Morgan fingerprint density at radius 2 is 1.93 bits per heavy atom. The first-order valence-electron chi connectivity index (χ1n) is 14.0. The molecule has 9 nitrogen and oxygen atoms in total. The molecule has 2 amide bonds. The highest BCUT2D eigenvalue weighted by Crippen LogP contribution is 2.31. The van der Waals surface area contributed by atoms with Gasteiger partial charge in [-0.15, -0.1) is 0 Å². The van der Waals surface area contributed by atoms with Crippen molar-refractivity contribution in [1.29, 1.82) is 0 Å². The second-order valence-electron chi connectivity index (χ2n) is 11.3. The van der Waals surface area contributed by atoms with E-state index in [1.54, 1.807) is 14.2 Å². The minimum absolute atomic E-state index is 0.0179. The zero-order valence-corrected chi connectivity index (χ0v) is 24.3. The Balaban J connectivity index is 1.53. The average Bonchev–Trinajstić information content (AvgIpc) is 3.30. The van der Waals surface area contributed by atoms with Crippen molar-refractivity contribution in [3.8, 4) is 5.75 Å². The van der Waals surface area contributed by atoms with Gasteiger partial charge in [-0.3, -0.25) is 4.79 Å². The van der Waals surface area contributed by atoms with Gasteiger partial charge in [0, 0.05) is 39.3 Å². The average molecular weight is 551 g/mol. The van der Waals surface area contributed by atoms with E-state index in [1.807, 2.05) is 68.1 Å². The molecule has 40 heavy (non-hydrogen) atoms. The first-order chi connectivity index (χ1) is 19.2. The first-order valence-corrected chi connectivity index (χ1v) is 14.0. The Labute approximate surface area is 236 Å².